The summed E-state index contributed by atoms with van der Waals surface area (Å²) in [5, 5.41) is 16.4. The average molecular weight is 501 g/mol. The molecule has 0 spiro atoms. The van der Waals surface area contributed by atoms with Crippen molar-refractivity contribution in [1.29, 1.82) is 0 Å². The zero-order valence-corrected chi connectivity index (χ0v) is 21.4. The van der Waals surface area contributed by atoms with E-state index in [-0.39, 0.29) is 20.1 Å². The zero-order chi connectivity index (χ0) is 23.5. The molecule has 0 aliphatic heterocycles. The summed E-state index contributed by atoms with van der Waals surface area (Å²) in [6.07, 6.45) is 7.67. The fourth-order valence-electron chi connectivity index (χ4n) is 4.30. The van der Waals surface area contributed by atoms with Gasteiger partial charge in [0.05, 0.1) is 6.61 Å². The largest absolute Gasteiger partial charge is 0.395 e. The number of nitrogens with one attached hydrogen (secondary N) is 1. The summed E-state index contributed by atoms with van der Waals surface area (Å²) in [4.78, 5) is 1.31. The molecule has 1 fully saturated rings. The first-order valence-electron chi connectivity index (χ1n) is 12.0. The smallest absolute Gasteiger partial charge is 0.0587 e. The third-order valence-electron chi connectivity index (χ3n) is 6.07. The van der Waals surface area contributed by atoms with Gasteiger partial charge in [0.1, 0.15) is 0 Å². The standard InChI is InChI=1S/C16H24ClNO.C12H13NS.CH4/c17-15-8-6-13(7-9-15)10-16(12-19)18-11-14-4-2-1-3-5-14;1-13(2)14-12-9-5-7-10-6-3-4-8-11(10)12;/h6-9,14,16,18-19H,1-5,10-12H2;3-9H,1-2H3;1H4. The molecule has 0 aromatic heterocycles. The second-order valence-electron chi connectivity index (χ2n) is 9.00. The van der Waals surface area contributed by atoms with E-state index in [9.17, 15) is 5.11 Å². The molecular weight excluding hydrogens is 460 g/mol. The Labute approximate surface area is 216 Å². The fourth-order valence-corrected chi connectivity index (χ4v) is 5.25. The van der Waals surface area contributed by atoms with Crippen LogP contribution in [0.2, 0.25) is 5.02 Å². The monoisotopic (exact) mass is 500 g/mol. The molecule has 0 amide bonds. The van der Waals surface area contributed by atoms with Gasteiger partial charge in [0, 0.05) is 16.0 Å². The minimum atomic E-state index is 0. The maximum absolute atomic E-state index is 9.48. The Kier molecular flexibility index (Phi) is 13.0. The van der Waals surface area contributed by atoms with E-state index in [4.69, 9.17) is 11.6 Å². The molecule has 1 saturated carbocycles. The predicted octanol–water partition coefficient (Wildman–Crippen LogP) is 7.46. The van der Waals surface area contributed by atoms with E-state index in [1.165, 1.54) is 53.3 Å². The van der Waals surface area contributed by atoms with Gasteiger partial charge in [-0.05, 0) is 92.3 Å². The normalized spacial score (nSPS) is 14.9. The van der Waals surface area contributed by atoms with Crippen molar-refractivity contribution in [2.45, 2.75) is 56.9 Å². The topological polar surface area (TPSA) is 35.5 Å². The maximum atomic E-state index is 9.48. The summed E-state index contributed by atoms with van der Waals surface area (Å²) in [6.45, 7) is 1.23. The summed E-state index contributed by atoms with van der Waals surface area (Å²) in [6, 6.07) is 22.9. The zero-order valence-electron chi connectivity index (χ0n) is 19.8. The van der Waals surface area contributed by atoms with Gasteiger partial charge in [-0.25, -0.2) is 0 Å². The van der Waals surface area contributed by atoms with Crippen molar-refractivity contribution in [1.82, 2.24) is 9.62 Å². The molecule has 1 unspecified atom stereocenters. The van der Waals surface area contributed by atoms with E-state index < -0.39 is 0 Å². The Balaban J connectivity index is 0.000000243. The van der Waals surface area contributed by atoms with Crippen LogP contribution in [-0.2, 0) is 6.42 Å². The molecule has 186 valence electrons. The average Bonchev–Trinajstić information content (AvgIpc) is 2.84. The van der Waals surface area contributed by atoms with Crippen LogP contribution in [-0.4, -0.2) is 42.7 Å². The third kappa shape index (κ3) is 9.59. The van der Waals surface area contributed by atoms with Crippen LogP contribution >= 0.6 is 23.5 Å². The van der Waals surface area contributed by atoms with Crippen molar-refractivity contribution in [2.24, 2.45) is 5.92 Å². The molecule has 3 aromatic carbocycles. The van der Waals surface area contributed by atoms with E-state index in [0.29, 0.717) is 0 Å². The summed E-state index contributed by atoms with van der Waals surface area (Å²) < 4.78 is 2.11. The first kappa shape index (κ1) is 28.7. The van der Waals surface area contributed by atoms with E-state index >= 15 is 0 Å². The third-order valence-corrected chi connectivity index (χ3v) is 7.24. The lowest BCUT2D eigenvalue weighted by Gasteiger charge is -2.25. The number of fused-ring (bicyclic) bond motifs is 1. The fraction of sp³-hybridized carbons (Fsp3) is 0.448. The minimum Gasteiger partial charge on any atom is -0.395 e. The lowest BCUT2D eigenvalue weighted by molar-refractivity contribution is 0.228. The SMILES string of the molecule is C.CN(C)Sc1cccc2ccccc12.OCC(Cc1ccc(Cl)cc1)NCC1CCCCC1. The second-order valence-corrected chi connectivity index (χ2v) is 10.8. The number of nitrogens with zero attached hydrogens (tertiary/aromatic N) is 1. The van der Waals surface area contributed by atoms with Crippen LogP contribution in [0.1, 0.15) is 45.1 Å². The van der Waals surface area contributed by atoms with E-state index in [0.717, 1.165) is 23.9 Å². The van der Waals surface area contributed by atoms with Crippen LogP contribution in [0.15, 0.2) is 71.6 Å². The highest BCUT2D eigenvalue weighted by atomic mass is 35.5. The van der Waals surface area contributed by atoms with Crippen LogP contribution in [0.25, 0.3) is 10.8 Å². The molecule has 0 radical (unpaired) electrons. The van der Waals surface area contributed by atoms with Crippen molar-refractivity contribution in [3.63, 3.8) is 0 Å². The molecule has 4 rings (SSSR count). The molecule has 0 bridgehead atoms. The van der Waals surface area contributed by atoms with Crippen LogP contribution < -0.4 is 5.32 Å². The number of hydrogen-bond acceptors (Lipinski definition) is 4. The molecular formula is C29H41ClN2OS. The van der Waals surface area contributed by atoms with Crippen LogP contribution in [0, 0.1) is 5.92 Å². The Morgan fingerprint density at radius 1 is 0.971 bits per heavy atom. The molecule has 1 atom stereocenters. The van der Waals surface area contributed by atoms with Gasteiger partial charge in [0.25, 0.3) is 0 Å². The number of aliphatic hydroxyl groups is 1. The molecule has 1 aliphatic carbocycles. The van der Waals surface area contributed by atoms with Crippen molar-refractivity contribution >= 4 is 34.3 Å². The summed E-state index contributed by atoms with van der Waals surface area (Å²) in [5.41, 5.74) is 1.22. The molecule has 3 nitrogen and oxygen atoms in total. The predicted molar refractivity (Wildman–Crippen MR) is 151 cm³/mol. The molecule has 34 heavy (non-hydrogen) atoms. The summed E-state index contributed by atoms with van der Waals surface area (Å²) >= 11 is 7.64. The second kappa shape index (κ2) is 15.4. The lowest BCUT2D eigenvalue weighted by Crippen LogP contribution is -2.38. The van der Waals surface area contributed by atoms with Crippen molar-refractivity contribution in [3.05, 3.63) is 77.3 Å². The first-order chi connectivity index (χ1) is 16.0. The number of benzene rings is 3. The highest BCUT2D eigenvalue weighted by Crippen LogP contribution is 2.28. The number of hydrogen-bond donors (Lipinski definition) is 2. The van der Waals surface area contributed by atoms with Gasteiger partial charge in [-0.1, -0.05) is 86.8 Å². The van der Waals surface area contributed by atoms with Gasteiger partial charge >= 0.3 is 0 Å². The van der Waals surface area contributed by atoms with Crippen LogP contribution in [0.3, 0.4) is 0 Å². The quantitative estimate of drug-likeness (QED) is 0.314. The van der Waals surface area contributed by atoms with Gasteiger partial charge in [-0.2, -0.15) is 0 Å². The van der Waals surface area contributed by atoms with Gasteiger partial charge < -0.3 is 10.4 Å². The Hall–Kier alpha value is -1.56. The van der Waals surface area contributed by atoms with E-state index in [1.54, 1.807) is 11.9 Å². The lowest BCUT2D eigenvalue weighted by atomic mass is 9.89. The highest BCUT2D eigenvalue weighted by molar-refractivity contribution is 7.97. The number of rotatable bonds is 8. The van der Waals surface area contributed by atoms with Crippen molar-refractivity contribution < 1.29 is 5.11 Å². The highest BCUT2D eigenvalue weighted by Gasteiger charge is 2.15. The minimum absolute atomic E-state index is 0. The van der Waals surface area contributed by atoms with Crippen LogP contribution in [0.4, 0.5) is 0 Å². The summed E-state index contributed by atoms with van der Waals surface area (Å²) in [5.74, 6) is 0.799. The van der Waals surface area contributed by atoms with Crippen molar-refractivity contribution in [2.75, 3.05) is 27.2 Å². The van der Waals surface area contributed by atoms with Crippen molar-refractivity contribution in [3.8, 4) is 0 Å². The molecule has 1 aliphatic rings. The molecule has 3 aromatic rings. The Bertz CT molecular complexity index is 953. The van der Waals surface area contributed by atoms with Gasteiger partial charge in [0.2, 0.25) is 0 Å². The summed E-state index contributed by atoms with van der Waals surface area (Å²) in [7, 11) is 4.12. The maximum Gasteiger partial charge on any atom is 0.0587 e. The molecule has 2 N–H and O–H groups in total. The van der Waals surface area contributed by atoms with Gasteiger partial charge in [-0.15, -0.1) is 0 Å². The Morgan fingerprint density at radius 3 is 2.32 bits per heavy atom. The van der Waals surface area contributed by atoms with E-state index in [2.05, 4.69) is 66.2 Å². The van der Waals surface area contributed by atoms with E-state index in [1.807, 2.05) is 24.3 Å². The molecule has 0 saturated heterocycles. The molecule has 5 heteroatoms. The first-order valence-corrected chi connectivity index (χ1v) is 13.1. The number of aliphatic hydroxyl groups excluding tert-OH is 1. The van der Waals surface area contributed by atoms with Gasteiger partial charge in [0.15, 0.2) is 0 Å². The van der Waals surface area contributed by atoms with Gasteiger partial charge in [-0.3, -0.25) is 4.31 Å². The van der Waals surface area contributed by atoms with Crippen LogP contribution in [0.5, 0.6) is 0 Å². The number of halogens is 1. The Morgan fingerprint density at radius 2 is 1.65 bits per heavy atom. The molecule has 0 heterocycles.